The Bertz CT molecular complexity index is 328. The molecule has 2 rings (SSSR count). The van der Waals surface area contributed by atoms with Gasteiger partial charge in [-0.2, -0.15) is 0 Å². The number of nitrogens with zero attached hydrogens (tertiary/aromatic N) is 2. The van der Waals surface area contributed by atoms with Gasteiger partial charge in [-0.25, -0.2) is 9.97 Å². The van der Waals surface area contributed by atoms with Crippen molar-refractivity contribution in [2.24, 2.45) is 5.92 Å². The quantitative estimate of drug-likeness (QED) is 0.868. The minimum Gasteiger partial charge on any atom is -0.310 e. The second kappa shape index (κ2) is 6.10. The molecular weight excluding hydrogens is 210 g/mol. The summed E-state index contributed by atoms with van der Waals surface area (Å²) in [4.78, 5) is 8.88. The lowest BCUT2D eigenvalue weighted by molar-refractivity contribution is 0.301. The third kappa shape index (κ3) is 3.50. The van der Waals surface area contributed by atoms with Crippen LogP contribution in [0.4, 0.5) is 0 Å². The van der Waals surface area contributed by atoms with Gasteiger partial charge >= 0.3 is 0 Å². The van der Waals surface area contributed by atoms with Crippen molar-refractivity contribution in [1.82, 2.24) is 15.3 Å². The van der Waals surface area contributed by atoms with Crippen LogP contribution in [0.3, 0.4) is 0 Å². The summed E-state index contributed by atoms with van der Waals surface area (Å²) >= 11 is 0. The number of hydrogen-bond acceptors (Lipinski definition) is 3. The Labute approximate surface area is 104 Å². The van der Waals surface area contributed by atoms with Crippen LogP contribution in [0.2, 0.25) is 0 Å². The molecule has 1 aliphatic carbocycles. The number of aryl methyl sites for hydroxylation is 1. The summed E-state index contributed by atoms with van der Waals surface area (Å²) < 4.78 is 0. The van der Waals surface area contributed by atoms with E-state index in [2.05, 4.69) is 15.3 Å². The Balaban J connectivity index is 1.97. The van der Waals surface area contributed by atoms with Gasteiger partial charge in [0.1, 0.15) is 5.82 Å². The summed E-state index contributed by atoms with van der Waals surface area (Å²) in [6, 6.07) is 0.318. The van der Waals surface area contributed by atoms with Gasteiger partial charge in [-0.15, -0.1) is 0 Å². The zero-order chi connectivity index (χ0) is 12.1. The van der Waals surface area contributed by atoms with Crippen molar-refractivity contribution in [1.29, 1.82) is 0 Å². The fourth-order valence-corrected chi connectivity index (χ4v) is 2.69. The van der Waals surface area contributed by atoms with Gasteiger partial charge in [-0.3, -0.25) is 0 Å². The SMILES string of the molecule is CNC(CC1CCCCC1)c1ncc(C)cn1. The number of nitrogens with one attached hydrogen (secondary N) is 1. The summed E-state index contributed by atoms with van der Waals surface area (Å²) in [5, 5.41) is 3.36. The Morgan fingerprint density at radius 3 is 2.47 bits per heavy atom. The van der Waals surface area contributed by atoms with E-state index in [0.717, 1.165) is 17.3 Å². The second-order valence-electron chi connectivity index (χ2n) is 5.20. The fraction of sp³-hybridized carbons (Fsp3) is 0.714. The van der Waals surface area contributed by atoms with Crippen molar-refractivity contribution >= 4 is 0 Å². The van der Waals surface area contributed by atoms with Crippen LogP contribution in [0.15, 0.2) is 12.4 Å². The maximum Gasteiger partial charge on any atom is 0.145 e. The smallest absolute Gasteiger partial charge is 0.145 e. The molecule has 1 heterocycles. The van der Waals surface area contributed by atoms with Gasteiger partial charge in [-0.1, -0.05) is 32.1 Å². The molecule has 1 fully saturated rings. The Morgan fingerprint density at radius 2 is 1.88 bits per heavy atom. The van der Waals surface area contributed by atoms with Gasteiger partial charge in [0.05, 0.1) is 6.04 Å². The lowest BCUT2D eigenvalue weighted by atomic mass is 9.84. The topological polar surface area (TPSA) is 37.8 Å². The first-order valence-corrected chi connectivity index (χ1v) is 6.75. The third-order valence-electron chi connectivity index (χ3n) is 3.75. The second-order valence-corrected chi connectivity index (χ2v) is 5.20. The first-order chi connectivity index (χ1) is 8.29. The van der Waals surface area contributed by atoms with Crippen molar-refractivity contribution in [2.75, 3.05) is 7.05 Å². The van der Waals surface area contributed by atoms with Crippen molar-refractivity contribution in [3.63, 3.8) is 0 Å². The van der Waals surface area contributed by atoms with E-state index in [1.54, 1.807) is 0 Å². The molecule has 3 nitrogen and oxygen atoms in total. The van der Waals surface area contributed by atoms with Crippen LogP contribution in [0.25, 0.3) is 0 Å². The number of aromatic nitrogens is 2. The summed E-state index contributed by atoms with van der Waals surface area (Å²) in [6.45, 7) is 2.03. The molecule has 1 aliphatic rings. The zero-order valence-electron chi connectivity index (χ0n) is 10.9. The molecule has 1 saturated carbocycles. The molecule has 0 spiro atoms. The molecule has 17 heavy (non-hydrogen) atoms. The molecule has 3 heteroatoms. The highest BCUT2D eigenvalue weighted by Gasteiger charge is 2.20. The lowest BCUT2D eigenvalue weighted by Crippen LogP contribution is -2.23. The maximum atomic E-state index is 4.44. The molecule has 0 radical (unpaired) electrons. The molecule has 1 aromatic rings. The van der Waals surface area contributed by atoms with Gasteiger partial charge in [-0.05, 0) is 31.9 Å². The van der Waals surface area contributed by atoms with E-state index in [-0.39, 0.29) is 0 Å². The van der Waals surface area contributed by atoms with E-state index >= 15 is 0 Å². The largest absolute Gasteiger partial charge is 0.310 e. The van der Waals surface area contributed by atoms with Crippen LogP contribution < -0.4 is 5.32 Å². The standard InChI is InChI=1S/C14H23N3/c1-11-9-16-14(17-10-11)13(15-2)8-12-6-4-3-5-7-12/h9-10,12-13,15H,3-8H2,1-2H3. The Morgan fingerprint density at radius 1 is 1.24 bits per heavy atom. The lowest BCUT2D eigenvalue weighted by Gasteiger charge is -2.25. The molecule has 94 valence electrons. The number of rotatable bonds is 4. The molecule has 0 saturated heterocycles. The molecule has 0 amide bonds. The molecule has 1 aromatic heterocycles. The highest BCUT2D eigenvalue weighted by atomic mass is 15.0. The predicted octanol–water partition coefficient (Wildman–Crippen LogP) is 3.02. The fourth-order valence-electron chi connectivity index (χ4n) is 2.69. The van der Waals surface area contributed by atoms with Crippen molar-refractivity contribution in [2.45, 2.75) is 51.5 Å². The molecular formula is C14H23N3. The van der Waals surface area contributed by atoms with Crippen LogP contribution >= 0.6 is 0 Å². The molecule has 1 unspecified atom stereocenters. The van der Waals surface area contributed by atoms with Gasteiger partial charge in [0.15, 0.2) is 0 Å². The van der Waals surface area contributed by atoms with Gasteiger partial charge in [0.25, 0.3) is 0 Å². The van der Waals surface area contributed by atoms with E-state index in [1.807, 2.05) is 26.4 Å². The summed E-state index contributed by atoms with van der Waals surface area (Å²) in [7, 11) is 2.01. The molecule has 0 bridgehead atoms. The van der Waals surface area contributed by atoms with E-state index in [0.29, 0.717) is 6.04 Å². The Hall–Kier alpha value is -0.960. The maximum absolute atomic E-state index is 4.44. The van der Waals surface area contributed by atoms with E-state index in [1.165, 1.54) is 38.5 Å². The minimum atomic E-state index is 0.318. The summed E-state index contributed by atoms with van der Waals surface area (Å²) in [5.74, 6) is 1.80. The molecule has 1 N–H and O–H groups in total. The monoisotopic (exact) mass is 233 g/mol. The van der Waals surface area contributed by atoms with Crippen LogP contribution in [-0.2, 0) is 0 Å². The normalized spacial score (nSPS) is 19.2. The predicted molar refractivity (Wildman–Crippen MR) is 69.8 cm³/mol. The van der Waals surface area contributed by atoms with Gasteiger partial charge in [0.2, 0.25) is 0 Å². The first-order valence-electron chi connectivity index (χ1n) is 6.75. The van der Waals surface area contributed by atoms with Crippen LogP contribution in [-0.4, -0.2) is 17.0 Å². The van der Waals surface area contributed by atoms with Gasteiger partial charge in [0, 0.05) is 12.4 Å². The van der Waals surface area contributed by atoms with Crippen LogP contribution in [0.5, 0.6) is 0 Å². The Kier molecular flexibility index (Phi) is 4.49. The van der Waals surface area contributed by atoms with Crippen molar-refractivity contribution in [3.05, 3.63) is 23.8 Å². The summed E-state index contributed by atoms with van der Waals surface area (Å²) in [6.07, 6.45) is 12.0. The van der Waals surface area contributed by atoms with E-state index in [9.17, 15) is 0 Å². The van der Waals surface area contributed by atoms with E-state index in [4.69, 9.17) is 0 Å². The van der Waals surface area contributed by atoms with Crippen LogP contribution in [0, 0.1) is 12.8 Å². The summed E-state index contributed by atoms with van der Waals surface area (Å²) in [5.41, 5.74) is 1.13. The minimum absolute atomic E-state index is 0.318. The average molecular weight is 233 g/mol. The highest BCUT2D eigenvalue weighted by Crippen LogP contribution is 2.30. The third-order valence-corrected chi connectivity index (χ3v) is 3.75. The average Bonchev–Trinajstić information content (AvgIpc) is 2.38. The van der Waals surface area contributed by atoms with Crippen molar-refractivity contribution < 1.29 is 0 Å². The first kappa shape index (κ1) is 12.5. The number of hydrogen-bond donors (Lipinski definition) is 1. The van der Waals surface area contributed by atoms with Gasteiger partial charge < -0.3 is 5.32 Å². The molecule has 0 aliphatic heterocycles. The molecule has 0 aromatic carbocycles. The molecule has 1 atom stereocenters. The van der Waals surface area contributed by atoms with Crippen LogP contribution in [0.1, 0.15) is 56.0 Å². The highest BCUT2D eigenvalue weighted by molar-refractivity contribution is 5.04. The van der Waals surface area contributed by atoms with E-state index < -0.39 is 0 Å². The zero-order valence-corrected chi connectivity index (χ0v) is 10.9. The van der Waals surface area contributed by atoms with Crippen molar-refractivity contribution in [3.8, 4) is 0 Å².